The van der Waals surface area contributed by atoms with Crippen LogP contribution in [0.3, 0.4) is 0 Å². The lowest BCUT2D eigenvalue weighted by Gasteiger charge is -2.23. The third-order valence-electron chi connectivity index (χ3n) is 6.01. The highest BCUT2D eigenvalue weighted by Gasteiger charge is 2.46. The van der Waals surface area contributed by atoms with Crippen molar-refractivity contribution in [1.29, 1.82) is 0 Å². The average Bonchev–Trinajstić information content (AvgIpc) is 2.81. The van der Waals surface area contributed by atoms with Crippen LogP contribution >= 0.6 is 0 Å². The molecule has 0 aromatic heterocycles. The number of rotatable bonds is 6. The number of urea groups is 1. The fourth-order valence-electron chi connectivity index (χ4n) is 4.20. The molecule has 8 heteroatoms. The van der Waals surface area contributed by atoms with Gasteiger partial charge in [-0.25, -0.2) is 21.9 Å². The number of sulfonamides is 1. The summed E-state index contributed by atoms with van der Waals surface area (Å²) in [7, 11) is -3.27. The summed E-state index contributed by atoms with van der Waals surface area (Å²) in [5.74, 6) is 0.305. The van der Waals surface area contributed by atoms with Crippen molar-refractivity contribution in [2.75, 3.05) is 32.7 Å². The predicted octanol–water partition coefficient (Wildman–Crippen LogP) is 2.85. The summed E-state index contributed by atoms with van der Waals surface area (Å²) in [5.41, 5.74) is 0.963. The van der Waals surface area contributed by atoms with Gasteiger partial charge >= 0.3 is 6.03 Å². The van der Waals surface area contributed by atoms with Crippen LogP contribution in [0.1, 0.15) is 38.7 Å². The molecular weight excluding hydrogens is 393 g/mol. The second-order valence-corrected chi connectivity index (χ2v) is 10.7. The quantitative estimate of drug-likeness (QED) is 0.762. The molecule has 2 atom stereocenters. The minimum Gasteiger partial charge on any atom is -0.338 e. The van der Waals surface area contributed by atoms with E-state index in [0.717, 1.165) is 12.0 Å². The van der Waals surface area contributed by atoms with E-state index in [4.69, 9.17) is 0 Å². The summed E-state index contributed by atoms with van der Waals surface area (Å²) >= 11 is 0. The molecule has 0 aliphatic carbocycles. The largest absolute Gasteiger partial charge is 0.338 e. The van der Waals surface area contributed by atoms with E-state index < -0.39 is 10.0 Å². The number of carbonyl (C=O) groups excluding carboxylic acids is 1. The Labute approximate surface area is 173 Å². The third-order valence-corrected chi connectivity index (χ3v) is 8.44. The molecule has 6 nitrogen and oxygen atoms in total. The smallest absolute Gasteiger partial charge is 0.317 e. The van der Waals surface area contributed by atoms with Gasteiger partial charge in [-0.3, -0.25) is 0 Å². The number of hydrogen-bond acceptors (Lipinski definition) is 3. The monoisotopic (exact) mass is 425 g/mol. The Morgan fingerprint density at radius 2 is 1.90 bits per heavy atom. The first-order chi connectivity index (χ1) is 13.8. The van der Waals surface area contributed by atoms with Crippen molar-refractivity contribution < 1.29 is 17.6 Å². The van der Waals surface area contributed by atoms with E-state index >= 15 is 0 Å². The van der Waals surface area contributed by atoms with Crippen molar-refractivity contribution >= 4 is 16.1 Å². The van der Waals surface area contributed by atoms with Gasteiger partial charge < -0.3 is 10.2 Å². The maximum atomic E-state index is 13.0. The molecule has 0 unspecified atom stereocenters. The molecule has 2 saturated heterocycles. The first-order valence-corrected chi connectivity index (χ1v) is 12.0. The van der Waals surface area contributed by atoms with Gasteiger partial charge in [-0.1, -0.05) is 26.0 Å². The summed E-state index contributed by atoms with van der Waals surface area (Å²) in [6.07, 6.45) is 2.72. The molecule has 2 aliphatic rings. The Balaban J connectivity index is 1.49. The lowest BCUT2D eigenvalue weighted by molar-refractivity contribution is 0.198. The molecule has 1 N–H and O–H groups in total. The Morgan fingerprint density at radius 1 is 1.21 bits per heavy atom. The number of benzene rings is 1. The Bertz CT molecular complexity index is 798. The van der Waals surface area contributed by atoms with Crippen LogP contribution < -0.4 is 5.32 Å². The number of nitrogens with zero attached hydrogens (tertiary/aromatic N) is 2. The van der Waals surface area contributed by atoms with Crippen LogP contribution in [0.2, 0.25) is 0 Å². The van der Waals surface area contributed by atoms with Crippen molar-refractivity contribution in [2.45, 2.75) is 44.8 Å². The van der Waals surface area contributed by atoms with Crippen LogP contribution in [-0.2, 0) is 16.4 Å². The average molecular weight is 426 g/mol. The highest BCUT2D eigenvalue weighted by atomic mass is 32.2. The van der Waals surface area contributed by atoms with Crippen LogP contribution in [0.15, 0.2) is 24.3 Å². The lowest BCUT2D eigenvalue weighted by Crippen LogP contribution is -2.42. The van der Waals surface area contributed by atoms with Gasteiger partial charge in [-0.15, -0.1) is 0 Å². The second kappa shape index (κ2) is 9.43. The van der Waals surface area contributed by atoms with Crippen LogP contribution in [0.25, 0.3) is 0 Å². The van der Waals surface area contributed by atoms with E-state index in [0.29, 0.717) is 57.9 Å². The highest BCUT2D eigenvalue weighted by Crippen LogP contribution is 2.34. The van der Waals surface area contributed by atoms with Gasteiger partial charge in [0.1, 0.15) is 5.82 Å². The zero-order chi connectivity index (χ0) is 21.0. The number of nitrogens with one attached hydrogen (secondary N) is 1. The first kappa shape index (κ1) is 22.0. The summed E-state index contributed by atoms with van der Waals surface area (Å²) in [5, 5.41) is 2.54. The number of halogens is 1. The Kier molecular flexibility index (Phi) is 7.16. The van der Waals surface area contributed by atoms with Crippen LogP contribution in [0.5, 0.6) is 0 Å². The van der Waals surface area contributed by atoms with Gasteiger partial charge in [0.05, 0.1) is 5.25 Å². The van der Waals surface area contributed by atoms with E-state index in [2.05, 4.69) is 19.2 Å². The van der Waals surface area contributed by atoms with Crippen molar-refractivity contribution in [3.05, 3.63) is 35.6 Å². The Hall–Kier alpha value is -1.67. The standard InChI is InChI=1S/C21H32FN3O3S/c1-16(2)8-14-25-15-18-9-12-24(13-10-20(18)29(25,27)28)21(26)23-11-7-17-3-5-19(22)6-4-17/h3-6,16,18,20H,7-15H2,1-2H3,(H,23,26)/t18-,20-/m1/s1. The lowest BCUT2D eigenvalue weighted by atomic mass is 10.0. The summed E-state index contributed by atoms with van der Waals surface area (Å²) in [6.45, 7) is 6.90. The van der Waals surface area contributed by atoms with Gasteiger partial charge in [0.25, 0.3) is 0 Å². The van der Waals surface area contributed by atoms with Gasteiger partial charge in [0.2, 0.25) is 10.0 Å². The van der Waals surface area contributed by atoms with Crippen LogP contribution in [0.4, 0.5) is 9.18 Å². The number of hydrogen-bond donors (Lipinski definition) is 1. The molecule has 0 bridgehead atoms. The molecule has 2 amide bonds. The van der Waals surface area contributed by atoms with Crippen molar-refractivity contribution in [3.63, 3.8) is 0 Å². The zero-order valence-electron chi connectivity index (χ0n) is 17.3. The number of amides is 2. The molecule has 0 saturated carbocycles. The third kappa shape index (κ3) is 5.48. The van der Waals surface area contributed by atoms with Gasteiger partial charge in [0.15, 0.2) is 0 Å². The fraction of sp³-hybridized carbons (Fsp3) is 0.667. The number of likely N-dealkylation sites (tertiary alicyclic amines) is 1. The molecule has 1 aromatic carbocycles. The molecule has 0 spiro atoms. The minimum absolute atomic E-state index is 0.101. The normalized spacial score (nSPS) is 24.3. The summed E-state index contributed by atoms with van der Waals surface area (Å²) in [4.78, 5) is 14.2. The number of fused-ring (bicyclic) bond motifs is 1. The topological polar surface area (TPSA) is 69.7 Å². The van der Waals surface area contributed by atoms with E-state index in [1.165, 1.54) is 12.1 Å². The van der Waals surface area contributed by atoms with Crippen LogP contribution in [0, 0.1) is 17.7 Å². The minimum atomic E-state index is -3.27. The van der Waals surface area contributed by atoms with E-state index in [9.17, 15) is 17.6 Å². The van der Waals surface area contributed by atoms with Crippen molar-refractivity contribution in [3.8, 4) is 0 Å². The van der Waals surface area contributed by atoms with Gasteiger partial charge in [-0.05, 0) is 55.2 Å². The van der Waals surface area contributed by atoms with Crippen molar-refractivity contribution in [1.82, 2.24) is 14.5 Å². The molecule has 3 rings (SSSR count). The molecule has 2 heterocycles. The second-order valence-electron chi connectivity index (χ2n) is 8.56. The first-order valence-electron chi connectivity index (χ1n) is 10.5. The molecule has 162 valence electrons. The van der Waals surface area contributed by atoms with Gasteiger partial charge in [-0.2, -0.15) is 0 Å². The van der Waals surface area contributed by atoms with Gasteiger partial charge in [0, 0.05) is 32.7 Å². The Morgan fingerprint density at radius 3 is 2.59 bits per heavy atom. The molecule has 29 heavy (non-hydrogen) atoms. The molecule has 2 fully saturated rings. The summed E-state index contributed by atoms with van der Waals surface area (Å²) < 4.78 is 40.4. The zero-order valence-corrected chi connectivity index (χ0v) is 18.1. The summed E-state index contributed by atoms with van der Waals surface area (Å²) in [6, 6.07) is 6.10. The highest BCUT2D eigenvalue weighted by molar-refractivity contribution is 7.90. The number of carbonyl (C=O) groups is 1. The molecular formula is C21H32FN3O3S. The molecule has 1 aromatic rings. The van der Waals surface area contributed by atoms with Crippen molar-refractivity contribution in [2.24, 2.45) is 11.8 Å². The fourth-order valence-corrected chi connectivity index (χ4v) is 6.45. The van der Waals surface area contributed by atoms with E-state index in [-0.39, 0.29) is 23.0 Å². The molecule has 0 radical (unpaired) electrons. The maximum Gasteiger partial charge on any atom is 0.317 e. The SMILES string of the molecule is CC(C)CCN1C[C@H]2CCN(C(=O)NCCc3ccc(F)cc3)CC[C@H]2S1(=O)=O. The predicted molar refractivity (Wildman–Crippen MR) is 112 cm³/mol. The van der Waals surface area contributed by atoms with Crippen LogP contribution in [-0.4, -0.2) is 61.6 Å². The van der Waals surface area contributed by atoms with E-state index in [1.807, 2.05) is 0 Å². The maximum absolute atomic E-state index is 13.0. The van der Waals surface area contributed by atoms with E-state index in [1.54, 1.807) is 21.3 Å². The molecule has 2 aliphatic heterocycles.